The number of anilines is 3. The van der Waals surface area contributed by atoms with E-state index in [-0.39, 0.29) is 12.5 Å². The quantitative estimate of drug-likeness (QED) is 0.851. The largest absolute Gasteiger partial charge is 0.396 e. The fraction of sp³-hybridized carbons (Fsp3) is 0.333. The summed E-state index contributed by atoms with van der Waals surface area (Å²) >= 11 is 0. The number of nitrogens with zero attached hydrogens (tertiary/aromatic N) is 3. The van der Waals surface area contributed by atoms with Gasteiger partial charge in [0.05, 0.1) is 11.9 Å². The van der Waals surface area contributed by atoms with Gasteiger partial charge in [0.15, 0.2) is 0 Å². The van der Waals surface area contributed by atoms with Crippen molar-refractivity contribution in [3.05, 3.63) is 36.7 Å². The molecule has 0 atom stereocenters. The molecule has 112 valence electrons. The van der Waals surface area contributed by atoms with Crippen LogP contribution < -0.4 is 16.0 Å². The Labute approximate surface area is 124 Å². The van der Waals surface area contributed by atoms with Crippen molar-refractivity contribution in [1.29, 1.82) is 0 Å². The van der Waals surface area contributed by atoms with Gasteiger partial charge in [-0.2, -0.15) is 5.10 Å². The molecule has 1 aromatic carbocycles. The lowest BCUT2D eigenvalue weighted by molar-refractivity contribution is -0.116. The van der Waals surface area contributed by atoms with Crippen LogP contribution in [0.15, 0.2) is 36.7 Å². The van der Waals surface area contributed by atoms with Crippen molar-refractivity contribution in [2.75, 3.05) is 29.0 Å². The molecule has 0 aliphatic rings. The first-order valence-corrected chi connectivity index (χ1v) is 7.05. The van der Waals surface area contributed by atoms with Crippen LogP contribution in [0.3, 0.4) is 0 Å². The molecule has 2 rings (SSSR count). The molecule has 1 aromatic heterocycles. The predicted octanol–water partition coefficient (Wildman–Crippen LogP) is 1.95. The molecule has 0 unspecified atom stereocenters. The highest BCUT2D eigenvalue weighted by Crippen LogP contribution is 2.17. The van der Waals surface area contributed by atoms with Crippen LogP contribution in [-0.4, -0.2) is 28.8 Å². The van der Waals surface area contributed by atoms with E-state index < -0.39 is 0 Å². The molecule has 0 saturated heterocycles. The molecule has 3 N–H and O–H groups in total. The van der Waals surface area contributed by atoms with Gasteiger partial charge in [-0.05, 0) is 38.1 Å². The Morgan fingerprint density at radius 1 is 1.29 bits per heavy atom. The third-order valence-electron chi connectivity index (χ3n) is 3.24. The van der Waals surface area contributed by atoms with E-state index in [9.17, 15) is 4.79 Å². The van der Waals surface area contributed by atoms with E-state index in [1.807, 2.05) is 24.3 Å². The molecular weight excluding hydrogens is 266 g/mol. The van der Waals surface area contributed by atoms with Crippen LogP contribution in [0.1, 0.15) is 13.8 Å². The minimum Gasteiger partial charge on any atom is -0.396 e. The number of hydrogen-bond acceptors (Lipinski definition) is 4. The molecule has 6 heteroatoms. The van der Waals surface area contributed by atoms with E-state index in [4.69, 9.17) is 5.73 Å². The highest BCUT2D eigenvalue weighted by atomic mass is 16.2. The Hall–Kier alpha value is -2.50. The third-order valence-corrected chi connectivity index (χ3v) is 3.24. The summed E-state index contributed by atoms with van der Waals surface area (Å²) in [4.78, 5) is 14.1. The van der Waals surface area contributed by atoms with Gasteiger partial charge in [0.1, 0.15) is 6.54 Å². The summed E-state index contributed by atoms with van der Waals surface area (Å²) in [5.74, 6) is -0.131. The number of nitrogens with one attached hydrogen (secondary N) is 1. The van der Waals surface area contributed by atoms with Crippen molar-refractivity contribution in [2.24, 2.45) is 0 Å². The number of carbonyl (C=O) groups is 1. The number of nitrogen functional groups attached to an aromatic ring is 1. The number of carbonyl (C=O) groups excluding carboxylic acids is 1. The molecular formula is C15H21N5O. The molecule has 0 saturated carbocycles. The van der Waals surface area contributed by atoms with Crippen LogP contribution in [0.5, 0.6) is 0 Å². The zero-order valence-corrected chi connectivity index (χ0v) is 12.4. The first kappa shape index (κ1) is 14.9. The number of nitrogens with two attached hydrogens (primary N) is 1. The maximum Gasteiger partial charge on any atom is 0.246 e. The fourth-order valence-electron chi connectivity index (χ4n) is 2.16. The van der Waals surface area contributed by atoms with Crippen molar-refractivity contribution in [2.45, 2.75) is 20.4 Å². The maximum atomic E-state index is 11.9. The molecule has 0 spiro atoms. The summed E-state index contributed by atoms with van der Waals surface area (Å²) in [6.45, 7) is 6.31. The third kappa shape index (κ3) is 3.98. The number of benzene rings is 1. The Bertz CT molecular complexity index is 586. The van der Waals surface area contributed by atoms with E-state index in [1.165, 1.54) is 10.9 Å². The van der Waals surface area contributed by atoms with Crippen molar-refractivity contribution in [3.63, 3.8) is 0 Å². The first-order chi connectivity index (χ1) is 10.1. The predicted molar refractivity (Wildman–Crippen MR) is 85.3 cm³/mol. The topological polar surface area (TPSA) is 76.2 Å². The summed E-state index contributed by atoms with van der Waals surface area (Å²) in [7, 11) is 0. The van der Waals surface area contributed by atoms with E-state index in [0.29, 0.717) is 5.69 Å². The van der Waals surface area contributed by atoms with Gasteiger partial charge < -0.3 is 16.0 Å². The SMILES string of the molecule is CCN(CC)c1ccc(NC(=O)Cn2cc(N)cn2)cc1. The summed E-state index contributed by atoms with van der Waals surface area (Å²) in [5.41, 5.74) is 8.03. The van der Waals surface area contributed by atoms with Crippen molar-refractivity contribution in [1.82, 2.24) is 9.78 Å². The summed E-state index contributed by atoms with van der Waals surface area (Å²) in [5, 5.41) is 6.82. The standard InChI is InChI=1S/C15H21N5O/c1-3-19(4-2)14-7-5-13(6-8-14)18-15(21)11-20-10-12(16)9-17-20/h5-10H,3-4,11,16H2,1-2H3,(H,18,21). The van der Waals surface area contributed by atoms with Gasteiger partial charge in [-0.25, -0.2) is 0 Å². The van der Waals surface area contributed by atoms with Crippen molar-refractivity contribution >= 4 is 23.0 Å². The Kier molecular flexibility index (Phi) is 4.81. The second kappa shape index (κ2) is 6.78. The van der Waals surface area contributed by atoms with Gasteiger partial charge >= 0.3 is 0 Å². The lowest BCUT2D eigenvalue weighted by atomic mass is 10.2. The zero-order chi connectivity index (χ0) is 15.2. The monoisotopic (exact) mass is 287 g/mol. The smallest absolute Gasteiger partial charge is 0.246 e. The number of aromatic nitrogens is 2. The number of hydrogen-bond donors (Lipinski definition) is 2. The molecule has 21 heavy (non-hydrogen) atoms. The highest BCUT2D eigenvalue weighted by molar-refractivity contribution is 5.90. The van der Waals surface area contributed by atoms with Crippen molar-refractivity contribution in [3.8, 4) is 0 Å². The van der Waals surface area contributed by atoms with Crippen LogP contribution in [-0.2, 0) is 11.3 Å². The average molecular weight is 287 g/mol. The molecule has 2 aromatic rings. The van der Waals surface area contributed by atoms with Gasteiger partial charge in [-0.15, -0.1) is 0 Å². The van der Waals surface area contributed by atoms with Gasteiger partial charge in [0.25, 0.3) is 0 Å². The van der Waals surface area contributed by atoms with E-state index in [1.54, 1.807) is 6.20 Å². The summed E-state index contributed by atoms with van der Waals surface area (Å²) in [6, 6.07) is 7.83. The normalized spacial score (nSPS) is 10.4. The first-order valence-electron chi connectivity index (χ1n) is 7.05. The molecule has 1 heterocycles. The second-order valence-electron chi connectivity index (χ2n) is 4.74. The summed E-state index contributed by atoms with van der Waals surface area (Å²) < 4.78 is 1.51. The molecule has 1 amide bonds. The summed E-state index contributed by atoms with van der Waals surface area (Å²) in [6.07, 6.45) is 3.15. The molecule has 0 aliphatic carbocycles. The van der Waals surface area contributed by atoms with Crippen LogP contribution in [0.4, 0.5) is 17.1 Å². The fourth-order valence-corrected chi connectivity index (χ4v) is 2.16. The Morgan fingerprint density at radius 2 is 1.95 bits per heavy atom. The zero-order valence-electron chi connectivity index (χ0n) is 12.4. The van der Waals surface area contributed by atoms with E-state index in [2.05, 4.69) is 29.2 Å². The Balaban J connectivity index is 1.95. The van der Waals surface area contributed by atoms with Gasteiger partial charge in [0, 0.05) is 30.7 Å². The lowest BCUT2D eigenvalue weighted by Crippen LogP contribution is -2.22. The average Bonchev–Trinajstić information content (AvgIpc) is 2.87. The second-order valence-corrected chi connectivity index (χ2v) is 4.74. The van der Waals surface area contributed by atoms with Gasteiger partial charge in [0.2, 0.25) is 5.91 Å². The minimum atomic E-state index is -0.131. The minimum absolute atomic E-state index is 0.131. The Morgan fingerprint density at radius 3 is 2.48 bits per heavy atom. The molecule has 0 radical (unpaired) electrons. The molecule has 6 nitrogen and oxygen atoms in total. The molecule has 0 bridgehead atoms. The lowest BCUT2D eigenvalue weighted by Gasteiger charge is -2.21. The van der Waals surface area contributed by atoms with Crippen molar-refractivity contribution < 1.29 is 4.79 Å². The van der Waals surface area contributed by atoms with E-state index in [0.717, 1.165) is 24.5 Å². The van der Waals surface area contributed by atoms with Crippen LogP contribution in [0, 0.1) is 0 Å². The molecule has 0 aliphatic heterocycles. The van der Waals surface area contributed by atoms with Crippen LogP contribution >= 0.6 is 0 Å². The number of rotatable bonds is 6. The van der Waals surface area contributed by atoms with Gasteiger partial charge in [-0.1, -0.05) is 0 Å². The van der Waals surface area contributed by atoms with E-state index >= 15 is 0 Å². The van der Waals surface area contributed by atoms with Crippen LogP contribution in [0.2, 0.25) is 0 Å². The highest BCUT2D eigenvalue weighted by Gasteiger charge is 2.06. The molecule has 0 fully saturated rings. The van der Waals surface area contributed by atoms with Gasteiger partial charge in [-0.3, -0.25) is 9.48 Å². The maximum absolute atomic E-state index is 11.9. The number of amides is 1. The van der Waals surface area contributed by atoms with Crippen LogP contribution in [0.25, 0.3) is 0 Å².